The maximum absolute atomic E-state index is 14.2. The smallest absolute Gasteiger partial charge is 0.264 e. The highest BCUT2D eigenvalue weighted by molar-refractivity contribution is 7.92. The van der Waals surface area contributed by atoms with Crippen molar-refractivity contribution in [2.24, 2.45) is 0 Å². The first-order valence-electron chi connectivity index (χ1n) is 15.0. The number of ether oxygens (including phenoxy) is 2. The van der Waals surface area contributed by atoms with Crippen molar-refractivity contribution < 1.29 is 27.5 Å². The molecule has 9 nitrogen and oxygen atoms in total. The molecule has 236 valence electrons. The molecular formula is C34H43N3O6S. The topological polar surface area (TPSA) is 105 Å². The van der Waals surface area contributed by atoms with Crippen molar-refractivity contribution in [2.45, 2.75) is 76.4 Å². The van der Waals surface area contributed by atoms with Gasteiger partial charge in [-0.15, -0.1) is 0 Å². The van der Waals surface area contributed by atoms with E-state index in [2.05, 4.69) is 5.32 Å². The average molecular weight is 622 g/mol. The van der Waals surface area contributed by atoms with Gasteiger partial charge >= 0.3 is 0 Å². The van der Waals surface area contributed by atoms with Crippen molar-refractivity contribution in [3.63, 3.8) is 0 Å². The van der Waals surface area contributed by atoms with Crippen LogP contribution < -0.4 is 19.1 Å². The largest absolute Gasteiger partial charge is 0.493 e. The fourth-order valence-electron chi connectivity index (χ4n) is 5.39. The number of sulfonamides is 1. The SMILES string of the molecule is COc1ccc(N(CC(=O)N(Cc2ccc(C)cc2)[C@@H](C)C(=O)NC2CCCCC2)S(=O)(=O)c2ccc(C)cc2)cc1OC. The van der Waals surface area contributed by atoms with Gasteiger partial charge in [0.25, 0.3) is 10.0 Å². The van der Waals surface area contributed by atoms with Gasteiger partial charge in [0.15, 0.2) is 11.5 Å². The number of anilines is 1. The molecule has 0 aliphatic heterocycles. The van der Waals surface area contributed by atoms with Gasteiger partial charge in [0, 0.05) is 18.7 Å². The molecule has 0 radical (unpaired) electrons. The highest BCUT2D eigenvalue weighted by atomic mass is 32.2. The molecule has 1 saturated carbocycles. The zero-order chi connectivity index (χ0) is 31.9. The highest BCUT2D eigenvalue weighted by Gasteiger charge is 2.33. The van der Waals surface area contributed by atoms with E-state index in [1.54, 1.807) is 31.2 Å². The molecule has 0 saturated heterocycles. The lowest BCUT2D eigenvalue weighted by molar-refractivity contribution is -0.139. The van der Waals surface area contributed by atoms with Crippen LogP contribution in [0.4, 0.5) is 5.69 Å². The van der Waals surface area contributed by atoms with Crippen LogP contribution in [0.25, 0.3) is 0 Å². The Morgan fingerprint density at radius 3 is 2.05 bits per heavy atom. The third kappa shape index (κ3) is 7.91. The number of benzene rings is 3. The van der Waals surface area contributed by atoms with Crippen LogP contribution in [0.1, 0.15) is 55.7 Å². The Kier molecular flexibility index (Phi) is 10.9. The molecule has 0 bridgehead atoms. The molecule has 0 aromatic heterocycles. The van der Waals surface area contributed by atoms with E-state index in [4.69, 9.17) is 9.47 Å². The molecule has 1 aliphatic rings. The van der Waals surface area contributed by atoms with Crippen molar-refractivity contribution >= 4 is 27.5 Å². The van der Waals surface area contributed by atoms with Gasteiger partial charge in [-0.3, -0.25) is 13.9 Å². The lowest BCUT2D eigenvalue weighted by Crippen LogP contribution is -2.53. The van der Waals surface area contributed by atoms with Crippen LogP contribution in [0.3, 0.4) is 0 Å². The molecule has 0 unspecified atom stereocenters. The fraction of sp³-hybridized carbons (Fsp3) is 0.412. The van der Waals surface area contributed by atoms with Crippen molar-refractivity contribution in [2.75, 3.05) is 25.1 Å². The van der Waals surface area contributed by atoms with Crippen LogP contribution in [-0.4, -0.2) is 58.0 Å². The van der Waals surface area contributed by atoms with E-state index in [9.17, 15) is 18.0 Å². The Hall–Kier alpha value is -4.05. The zero-order valence-electron chi connectivity index (χ0n) is 26.2. The van der Waals surface area contributed by atoms with Gasteiger partial charge in [-0.25, -0.2) is 8.42 Å². The van der Waals surface area contributed by atoms with E-state index >= 15 is 0 Å². The molecule has 1 atom stereocenters. The Morgan fingerprint density at radius 2 is 1.45 bits per heavy atom. The van der Waals surface area contributed by atoms with E-state index in [-0.39, 0.29) is 29.1 Å². The number of rotatable bonds is 12. The van der Waals surface area contributed by atoms with Crippen LogP contribution in [0, 0.1) is 13.8 Å². The normalized spacial score (nSPS) is 14.4. The van der Waals surface area contributed by atoms with Crippen LogP contribution in [0.15, 0.2) is 71.6 Å². The average Bonchev–Trinajstić information content (AvgIpc) is 3.03. The van der Waals surface area contributed by atoms with Gasteiger partial charge in [0.1, 0.15) is 12.6 Å². The van der Waals surface area contributed by atoms with E-state index in [1.165, 1.54) is 37.3 Å². The Balaban J connectivity index is 1.72. The number of aryl methyl sites for hydroxylation is 2. The first-order chi connectivity index (χ1) is 21.0. The van der Waals surface area contributed by atoms with Crippen molar-refractivity contribution in [1.29, 1.82) is 0 Å². The summed E-state index contributed by atoms with van der Waals surface area (Å²) < 4.78 is 40.1. The number of hydrogen-bond donors (Lipinski definition) is 1. The molecule has 3 aromatic rings. The minimum absolute atomic E-state index is 0.0406. The number of carbonyl (C=O) groups excluding carboxylic acids is 2. The summed E-state index contributed by atoms with van der Waals surface area (Å²) in [6.07, 6.45) is 5.09. The van der Waals surface area contributed by atoms with Gasteiger partial charge in [0.05, 0.1) is 24.8 Å². The third-order valence-corrected chi connectivity index (χ3v) is 9.92. The van der Waals surface area contributed by atoms with Crippen LogP contribution in [0.2, 0.25) is 0 Å². The maximum Gasteiger partial charge on any atom is 0.264 e. The highest BCUT2D eigenvalue weighted by Crippen LogP contribution is 2.34. The quantitative estimate of drug-likeness (QED) is 0.291. The molecule has 4 rings (SSSR count). The van der Waals surface area contributed by atoms with E-state index in [0.717, 1.165) is 53.1 Å². The third-order valence-electron chi connectivity index (χ3n) is 8.14. The van der Waals surface area contributed by atoms with E-state index in [1.807, 2.05) is 38.1 Å². The number of carbonyl (C=O) groups is 2. The predicted molar refractivity (Wildman–Crippen MR) is 171 cm³/mol. The Bertz CT molecular complexity index is 1530. The number of nitrogens with one attached hydrogen (secondary N) is 1. The second kappa shape index (κ2) is 14.6. The fourth-order valence-corrected chi connectivity index (χ4v) is 6.79. The minimum Gasteiger partial charge on any atom is -0.493 e. The van der Waals surface area contributed by atoms with Crippen molar-refractivity contribution in [3.8, 4) is 11.5 Å². The van der Waals surface area contributed by atoms with Crippen LogP contribution in [-0.2, 0) is 26.2 Å². The summed E-state index contributed by atoms with van der Waals surface area (Å²) in [6, 6.07) is 18.1. The summed E-state index contributed by atoms with van der Waals surface area (Å²) in [6.45, 7) is 5.15. The summed E-state index contributed by atoms with van der Waals surface area (Å²) in [5.74, 6) is -0.0266. The molecule has 0 spiro atoms. The molecule has 1 aliphatic carbocycles. The first-order valence-corrected chi connectivity index (χ1v) is 16.4. The first kappa shape index (κ1) is 32.9. The lowest BCUT2D eigenvalue weighted by Gasteiger charge is -2.33. The number of amides is 2. The number of methoxy groups -OCH3 is 2. The molecule has 10 heteroatoms. The number of hydrogen-bond acceptors (Lipinski definition) is 6. The van der Waals surface area contributed by atoms with Gasteiger partial charge in [-0.05, 0) is 63.4 Å². The summed E-state index contributed by atoms with van der Waals surface area (Å²) in [5.41, 5.74) is 3.03. The van der Waals surface area contributed by atoms with Crippen molar-refractivity contribution in [3.05, 3.63) is 83.4 Å². The summed E-state index contributed by atoms with van der Waals surface area (Å²) in [5, 5.41) is 3.13. The minimum atomic E-state index is -4.20. The molecule has 0 heterocycles. The maximum atomic E-state index is 14.2. The molecule has 2 amide bonds. The van der Waals surface area contributed by atoms with Crippen LogP contribution in [0.5, 0.6) is 11.5 Å². The molecule has 44 heavy (non-hydrogen) atoms. The second-order valence-electron chi connectivity index (χ2n) is 11.4. The van der Waals surface area contributed by atoms with Crippen LogP contribution >= 0.6 is 0 Å². The molecule has 1 N–H and O–H groups in total. The summed E-state index contributed by atoms with van der Waals surface area (Å²) in [4.78, 5) is 29.2. The van der Waals surface area contributed by atoms with E-state index < -0.39 is 28.5 Å². The van der Waals surface area contributed by atoms with Gasteiger partial charge < -0.3 is 19.7 Å². The second-order valence-corrected chi connectivity index (χ2v) is 13.3. The molecule has 3 aromatic carbocycles. The number of nitrogens with zero attached hydrogens (tertiary/aromatic N) is 2. The van der Waals surface area contributed by atoms with Gasteiger partial charge in [0.2, 0.25) is 11.8 Å². The molecular weight excluding hydrogens is 578 g/mol. The predicted octanol–water partition coefficient (Wildman–Crippen LogP) is 5.38. The van der Waals surface area contributed by atoms with Gasteiger partial charge in [-0.2, -0.15) is 0 Å². The summed E-state index contributed by atoms with van der Waals surface area (Å²) in [7, 11) is -1.25. The lowest BCUT2D eigenvalue weighted by atomic mass is 9.95. The van der Waals surface area contributed by atoms with Gasteiger partial charge in [-0.1, -0.05) is 66.8 Å². The van der Waals surface area contributed by atoms with E-state index in [0.29, 0.717) is 11.5 Å². The van der Waals surface area contributed by atoms with Crippen molar-refractivity contribution in [1.82, 2.24) is 10.2 Å². The molecule has 1 fully saturated rings. The zero-order valence-corrected chi connectivity index (χ0v) is 27.0. The summed E-state index contributed by atoms with van der Waals surface area (Å²) >= 11 is 0. The Labute approximate surface area is 261 Å². The Morgan fingerprint density at radius 1 is 0.864 bits per heavy atom. The monoisotopic (exact) mass is 621 g/mol. The standard InChI is InChI=1S/C34H43N3O6S/c1-24-11-15-27(16-12-24)22-36(26(3)34(39)35-28-9-7-6-8-10-28)33(38)23-37(29-17-20-31(42-4)32(21-29)43-5)44(40,41)30-18-13-25(2)14-19-30/h11-21,26,28H,6-10,22-23H2,1-5H3,(H,35,39)/t26-/m0/s1.